The number of amides is 1. The molecule has 1 aromatic rings. The first-order valence-corrected chi connectivity index (χ1v) is 6.27. The monoisotopic (exact) mass is 268 g/mol. The molecule has 98 valence electrons. The Morgan fingerprint density at radius 3 is 2.44 bits per heavy atom. The van der Waals surface area contributed by atoms with E-state index >= 15 is 0 Å². The van der Waals surface area contributed by atoms with Gasteiger partial charge in [0.2, 0.25) is 5.91 Å². The largest absolute Gasteiger partial charge is 0.478 e. The molecule has 1 aromatic heterocycles. The molecule has 0 unspecified atom stereocenters. The molecule has 1 rings (SSSR count). The van der Waals surface area contributed by atoms with Crippen LogP contribution < -0.4 is 0 Å². The molecular weight excluding hydrogens is 252 g/mol. The van der Waals surface area contributed by atoms with E-state index in [2.05, 4.69) is 4.98 Å². The van der Waals surface area contributed by atoms with Gasteiger partial charge in [0.05, 0.1) is 17.7 Å². The van der Waals surface area contributed by atoms with E-state index in [0.29, 0.717) is 6.54 Å². The number of rotatable bonds is 4. The van der Waals surface area contributed by atoms with Crippen LogP contribution in [0.25, 0.3) is 0 Å². The first-order valence-electron chi connectivity index (χ1n) is 5.39. The van der Waals surface area contributed by atoms with Gasteiger partial charge in [0.15, 0.2) is 0 Å². The number of likely N-dealkylation sites (N-methyl/N-ethyl adjacent to an activating group) is 1. The lowest BCUT2D eigenvalue weighted by atomic mass is 10.1. The number of carbonyl (C=O) groups is 2. The SMILES string of the molecule is CC(C(=O)O)=C(C)C(=O)N(C)Cc1scnc1C. The van der Waals surface area contributed by atoms with Crippen molar-refractivity contribution in [2.75, 3.05) is 7.05 Å². The molecule has 6 heteroatoms. The Kier molecular flexibility index (Phi) is 4.61. The van der Waals surface area contributed by atoms with E-state index < -0.39 is 5.97 Å². The number of carbonyl (C=O) groups excluding carboxylic acids is 1. The fourth-order valence-electron chi connectivity index (χ4n) is 1.37. The molecule has 0 aliphatic heterocycles. The zero-order valence-corrected chi connectivity index (χ0v) is 11.7. The summed E-state index contributed by atoms with van der Waals surface area (Å²) >= 11 is 1.48. The van der Waals surface area contributed by atoms with Crippen LogP contribution in [0.2, 0.25) is 0 Å². The van der Waals surface area contributed by atoms with Gasteiger partial charge < -0.3 is 10.0 Å². The summed E-state index contributed by atoms with van der Waals surface area (Å²) < 4.78 is 0. The topological polar surface area (TPSA) is 70.5 Å². The molecule has 0 bridgehead atoms. The van der Waals surface area contributed by atoms with Crippen LogP contribution in [0.3, 0.4) is 0 Å². The highest BCUT2D eigenvalue weighted by molar-refractivity contribution is 7.09. The summed E-state index contributed by atoms with van der Waals surface area (Å²) in [6.45, 7) is 5.29. The minimum atomic E-state index is -1.07. The molecule has 5 nitrogen and oxygen atoms in total. The Labute approximate surface area is 110 Å². The van der Waals surface area contributed by atoms with Gasteiger partial charge in [-0.05, 0) is 20.8 Å². The van der Waals surface area contributed by atoms with E-state index in [0.717, 1.165) is 10.6 Å². The first-order chi connectivity index (χ1) is 8.34. The van der Waals surface area contributed by atoms with E-state index in [-0.39, 0.29) is 17.1 Å². The maximum Gasteiger partial charge on any atom is 0.331 e. The second-order valence-corrected chi connectivity index (χ2v) is 5.02. The maximum atomic E-state index is 12.0. The number of aliphatic carboxylic acids is 1. The molecular formula is C12H16N2O3S. The van der Waals surface area contributed by atoms with Gasteiger partial charge in [-0.1, -0.05) is 0 Å². The van der Waals surface area contributed by atoms with Gasteiger partial charge in [-0.25, -0.2) is 9.78 Å². The summed E-state index contributed by atoms with van der Waals surface area (Å²) in [6.07, 6.45) is 0. The Balaban J connectivity index is 2.83. The number of aromatic nitrogens is 1. The standard InChI is InChI=1S/C12H16N2O3S/c1-7(8(2)12(16)17)11(15)14(4)5-10-9(3)13-6-18-10/h6H,5H2,1-4H3,(H,16,17). The van der Waals surface area contributed by atoms with Gasteiger partial charge in [0.25, 0.3) is 0 Å². The third-order valence-corrected chi connectivity index (χ3v) is 3.70. The predicted molar refractivity (Wildman–Crippen MR) is 69.3 cm³/mol. The van der Waals surface area contributed by atoms with Crippen molar-refractivity contribution in [3.8, 4) is 0 Å². The number of aryl methyl sites for hydroxylation is 1. The fraction of sp³-hybridized carbons (Fsp3) is 0.417. The Morgan fingerprint density at radius 1 is 1.39 bits per heavy atom. The van der Waals surface area contributed by atoms with E-state index in [1.54, 1.807) is 12.6 Å². The van der Waals surface area contributed by atoms with Crippen LogP contribution in [0.4, 0.5) is 0 Å². The minimum Gasteiger partial charge on any atom is -0.478 e. The lowest BCUT2D eigenvalue weighted by Gasteiger charge is -2.17. The average Bonchev–Trinajstić information content (AvgIpc) is 2.71. The summed E-state index contributed by atoms with van der Waals surface area (Å²) in [5.74, 6) is -1.34. The summed E-state index contributed by atoms with van der Waals surface area (Å²) in [7, 11) is 1.65. The Bertz CT molecular complexity index is 505. The van der Waals surface area contributed by atoms with Crippen LogP contribution in [-0.2, 0) is 16.1 Å². The summed E-state index contributed by atoms with van der Waals surface area (Å²) in [4.78, 5) is 29.4. The molecule has 0 aliphatic carbocycles. The Morgan fingerprint density at radius 2 is 2.00 bits per heavy atom. The molecule has 0 radical (unpaired) electrons. The fourth-order valence-corrected chi connectivity index (χ4v) is 2.20. The van der Waals surface area contributed by atoms with Gasteiger partial charge in [0, 0.05) is 23.1 Å². The zero-order valence-electron chi connectivity index (χ0n) is 10.9. The van der Waals surface area contributed by atoms with Gasteiger partial charge >= 0.3 is 5.97 Å². The third-order valence-electron chi connectivity index (χ3n) is 2.78. The lowest BCUT2D eigenvalue weighted by Crippen LogP contribution is -2.28. The van der Waals surface area contributed by atoms with Crippen LogP contribution in [0.15, 0.2) is 16.7 Å². The van der Waals surface area contributed by atoms with Crippen LogP contribution >= 0.6 is 11.3 Å². The molecule has 0 aliphatic rings. The van der Waals surface area contributed by atoms with Crippen LogP contribution in [0, 0.1) is 6.92 Å². The molecule has 0 saturated carbocycles. The van der Waals surface area contributed by atoms with Crippen molar-refractivity contribution in [3.63, 3.8) is 0 Å². The van der Waals surface area contributed by atoms with Gasteiger partial charge in [-0.3, -0.25) is 4.79 Å². The minimum absolute atomic E-state index is 0.0767. The number of thiazole rings is 1. The number of carboxylic acids is 1. The highest BCUT2D eigenvalue weighted by atomic mass is 32.1. The number of hydrogen-bond donors (Lipinski definition) is 1. The second-order valence-electron chi connectivity index (χ2n) is 4.08. The highest BCUT2D eigenvalue weighted by Crippen LogP contribution is 2.16. The normalized spacial score (nSPS) is 12.0. The van der Waals surface area contributed by atoms with E-state index in [1.165, 1.54) is 30.1 Å². The molecule has 1 N–H and O–H groups in total. The Hall–Kier alpha value is -1.69. The molecule has 0 fully saturated rings. The number of nitrogens with zero attached hydrogens (tertiary/aromatic N) is 2. The van der Waals surface area contributed by atoms with Crippen LogP contribution in [0.1, 0.15) is 24.4 Å². The summed E-state index contributed by atoms with van der Waals surface area (Å²) in [6, 6.07) is 0. The third kappa shape index (κ3) is 3.16. The quantitative estimate of drug-likeness (QED) is 0.846. The number of carboxylic acid groups (broad SMARTS) is 1. The van der Waals surface area contributed by atoms with Crippen molar-refractivity contribution < 1.29 is 14.7 Å². The van der Waals surface area contributed by atoms with Crippen molar-refractivity contribution in [3.05, 3.63) is 27.2 Å². The molecule has 18 heavy (non-hydrogen) atoms. The predicted octanol–water partition coefficient (Wildman–Crippen LogP) is 1.83. The van der Waals surface area contributed by atoms with Gasteiger partial charge in [0.1, 0.15) is 0 Å². The van der Waals surface area contributed by atoms with Crippen molar-refractivity contribution in [1.29, 1.82) is 0 Å². The second kappa shape index (κ2) is 5.77. The summed E-state index contributed by atoms with van der Waals surface area (Å²) in [5.41, 5.74) is 2.96. The maximum absolute atomic E-state index is 12.0. The zero-order chi connectivity index (χ0) is 13.9. The molecule has 1 heterocycles. The molecule has 0 saturated heterocycles. The van der Waals surface area contributed by atoms with Crippen molar-refractivity contribution in [2.24, 2.45) is 0 Å². The summed E-state index contributed by atoms with van der Waals surface area (Å²) in [5, 5.41) is 8.85. The van der Waals surface area contributed by atoms with Gasteiger partial charge in [-0.2, -0.15) is 0 Å². The van der Waals surface area contributed by atoms with E-state index in [4.69, 9.17) is 5.11 Å². The molecule has 0 spiro atoms. The molecule has 1 amide bonds. The van der Waals surface area contributed by atoms with E-state index in [9.17, 15) is 9.59 Å². The van der Waals surface area contributed by atoms with Crippen molar-refractivity contribution in [2.45, 2.75) is 27.3 Å². The first kappa shape index (κ1) is 14.4. The number of hydrogen-bond acceptors (Lipinski definition) is 4. The molecule has 0 atom stereocenters. The van der Waals surface area contributed by atoms with Crippen molar-refractivity contribution in [1.82, 2.24) is 9.88 Å². The highest BCUT2D eigenvalue weighted by Gasteiger charge is 2.17. The van der Waals surface area contributed by atoms with E-state index in [1.807, 2.05) is 6.92 Å². The van der Waals surface area contributed by atoms with Crippen LogP contribution in [-0.4, -0.2) is 33.9 Å². The van der Waals surface area contributed by atoms with Gasteiger partial charge in [-0.15, -0.1) is 11.3 Å². The van der Waals surface area contributed by atoms with Crippen LogP contribution in [0.5, 0.6) is 0 Å². The average molecular weight is 268 g/mol. The smallest absolute Gasteiger partial charge is 0.331 e. The lowest BCUT2D eigenvalue weighted by molar-refractivity contribution is -0.133. The van der Waals surface area contributed by atoms with Crippen molar-refractivity contribution >= 4 is 23.2 Å². The molecule has 0 aromatic carbocycles.